The fourth-order valence-corrected chi connectivity index (χ4v) is 5.12. The molecule has 0 saturated carbocycles. The summed E-state index contributed by atoms with van der Waals surface area (Å²) in [7, 11) is 0. The smallest absolute Gasteiger partial charge is 0.326 e. The van der Waals surface area contributed by atoms with Gasteiger partial charge < -0.3 is 29.2 Å². The van der Waals surface area contributed by atoms with Crippen molar-refractivity contribution in [2.75, 3.05) is 18.7 Å². The molecular weight excluding hydrogens is 542 g/mol. The molecule has 1 aliphatic rings. The Morgan fingerprint density at radius 3 is 2.35 bits per heavy atom. The third-order valence-corrected chi connectivity index (χ3v) is 7.30. The molecular formula is C34H29N5O4. The lowest BCUT2D eigenvalue weighted by Crippen LogP contribution is -2.27. The highest BCUT2D eigenvalue weighted by molar-refractivity contribution is 5.83. The van der Waals surface area contributed by atoms with Gasteiger partial charge in [0, 0.05) is 6.07 Å². The van der Waals surface area contributed by atoms with E-state index in [1.54, 1.807) is 24.5 Å². The van der Waals surface area contributed by atoms with Gasteiger partial charge in [0.25, 0.3) is 0 Å². The molecule has 9 heteroatoms. The van der Waals surface area contributed by atoms with E-state index in [9.17, 15) is 5.11 Å². The van der Waals surface area contributed by atoms with Crippen LogP contribution in [0, 0.1) is 0 Å². The Morgan fingerprint density at radius 1 is 0.814 bits per heavy atom. The van der Waals surface area contributed by atoms with E-state index in [0.717, 1.165) is 16.7 Å². The molecule has 1 aliphatic heterocycles. The van der Waals surface area contributed by atoms with E-state index in [1.807, 2.05) is 53.1 Å². The van der Waals surface area contributed by atoms with Crippen molar-refractivity contribution in [1.82, 2.24) is 19.5 Å². The van der Waals surface area contributed by atoms with E-state index in [0.29, 0.717) is 47.2 Å². The maximum absolute atomic E-state index is 10.2. The van der Waals surface area contributed by atoms with Crippen LogP contribution >= 0.6 is 0 Å². The van der Waals surface area contributed by atoms with Crippen LogP contribution < -0.4 is 19.5 Å². The molecule has 7 rings (SSSR count). The number of fused-ring (bicyclic) bond motifs is 2. The molecule has 0 amide bonds. The topological polar surface area (TPSA) is 104 Å². The first-order chi connectivity index (χ1) is 21.2. The van der Waals surface area contributed by atoms with E-state index in [-0.39, 0.29) is 25.5 Å². The summed E-state index contributed by atoms with van der Waals surface area (Å²) < 4.78 is 19.0. The summed E-state index contributed by atoms with van der Waals surface area (Å²) >= 11 is 0. The SMILES string of the molecule is OC[C@H](Cc1ccccc1)Nc1nc(Oc2ccc3c(c2)OCO3)nc2c1ncn2Cc1ccc(-c2ccccc2)cc1. The van der Waals surface area contributed by atoms with Gasteiger partial charge in [-0.3, -0.25) is 0 Å². The first-order valence-electron chi connectivity index (χ1n) is 14.1. The van der Waals surface area contributed by atoms with Crippen molar-refractivity contribution in [3.63, 3.8) is 0 Å². The summed E-state index contributed by atoms with van der Waals surface area (Å²) in [6.07, 6.45) is 2.36. The maximum Gasteiger partial charge on any atom is 0.326 e. The molecule has 1 atom stereocenters. The summed E-state index contributed by atoms with van der Waals surface area (Å²) in [5.41, 5.74) is 5.72. The van der Waals surface area contributed by atoms with Crippen LogP contribution in [-0.2, 0) is 13.0 Å². The molecule has 0 radical (unpaired) electrons. The van der Waals surface area contributed by atoms with Crippen LogP contribution in [0.5, 0.6) is 23.3 Å². The van der Waals surface area contributed by atoms with E-state index in [4.69, 9.17) is 19.2 Å². The standard InChI is InChI=1S/C34H29N5O4/c40-20-27(17-23-7-3-1-4-8-23)36-32-31-33(38-34(37-32)43-28-15-16-29-30(18-28)42-22-41-29)39(21-35-31)19-24-11-13-26(14-12-24)25-9-5-2-6-10-25/h1-16,18,21,27,40H,17,19-20,22H2,(H,36,37,38)/t27-/m0/s1. The van der Waals surface area contributed by atoms with Crippen LogP contribution in [0.25, 0.3) is 22.3 Å². The zero-order valence-corrected chi connectivity index (χ0v) is 23.3. The minimum atomic E-state index is -0.297. The summed E-state index contributed by atoms with van der Waals surface area (Å²) in [4.78, 5) is 14.1. The van der Waals surface area contributed by atoms with Crippen LogP contribution in [0.1, 0.15) is 11.1 Å². The molecule has 3 heterocycles. The minimum absolute atomic E-state index is 0.0901. The number of hydrogen-bond acceptors (Lipinski definition) is 8. The summed E-state index contributed by atoms with van der Waals surface area (Å²) in [5.74, 6) is 2.26. The molecule has 0 spiro atoms. The number of hydrogen-bond donors (Lipinski definition) is 2. The number of ether oxygens (including phenoxy) is 3. The second kappa shape index (κ2) is 11.8. The molecule has 0 saturated heterocycles. The van der Waals surface area contributed by atoms with Gasteiger partial charge in [-0.2, -0.15) is 9.97 Å². The summed E-state index contributed by atoms with van der Waals surface area (Å²) in [5, 5.41) is 13.6. The fraction of sp³-hybridized carbons (Fsp3) is 0.147. The number of aliphatic hydroxyl groups is 1. The van der Waals surface area contributed by atoms with Crippen LogP contribution in [0.2, 0.25) is 0 Å². The monoisotopic (exact) mass is 571 g/mol. The third kappa shape index (κ3) is 5.84. The molecule has 4 aromatic carbocycles. The Balaban J connectivity index is 1.21. The lowest BCUT2D eigenvalue weighted by molar-refractivity contribution is 0.174. The van der Waals surface area contributed by atoms with Crippen molar-refractivity contribution in [2.24, 2.45) is 0 Å². The molecule has 2 N–H and O–H groups in total. The van der Waals surface area contributed by atoms with Crippen LogP contribution in [-0.4, -0.2) is 44.1 Å². The molecule has 43 heavy (non-hydrogen) atoms. The van der Waals surface area contributed by atoms with Crippen LogP contribution in [0.3, 0.4) is 0 Å². The Bertz CT molecular complexity index is 1840. The van der Waals surface area contributed by atoms with Crippen LogP contribution in [0.4, 0.5) is 5.82 Å². The van der Waals surface area contributed by atoms with Crippen molar-refractivity contribution in [2.45, 2.75) is 19.0 Å². The molecule has 2 aromatic heterocycles. The van der Waals surface area contributed by atoms with E-state index in [2.05, 4.69) is 51.7 Å². The molecule has 214 valence electrons. The Kier molecular flexibility index (Phi) is 7.29. The lowest BCUT2D eigenvalue weighted by atomic mass is 10.0. The number of rotatable bonds is 10. The third-order valence-electron chi connectivity index (χ3n) is 7.30. The number of benzene rings is 4. The van der Waals surface area contributed by atoms with Crippen molar-refractivity contribution >= 4 is 17.0 Å². The minimum Gasteiger partial charge on any atom is -0.454 e. The number of nitrogens with zero attached hydrogens (tertiary/aromatic N) is 4. The van der Waals surface area contributed by atoms with Gasteiger partial charge in [-0.25, -0.2) is 4.98 Å². The number of anilines is 1. The van der Waals surface area contributed by atoms with Gasteiger partial charge in [0.05, 0.1) is 25.5 Å². The second-order valence-electron chi connectivity index (χ2n) is 10.3. The van der Waals surface area contributed by atoms with Crippen molar-refractivity contribution in [3.8, 4) is 34.4 Å². The van der Waals surface area contributed by atoms with Crippen molar-refractivity contribution in [1.29, 1.82) is 0 Å². The highest BCUT2D eigenvalue weighted by atomic mass is 16.7. The molecule has 0 unspecified atom stereocenters. The number of aliphatic hydroxyl groups excluding tert-OH is 1. The Hall–Kier alpha value is -5.41. The highest BCUT2D eigenvalue weighted by Crippen LogP contribution is 2.36. The Labute approximate surface area is 248 Å². The van der Waals surface area contributed by atoms with Gasteiger partial charge in [0.15, 0.2) is 28.5 Å². The van der Waals surface area contributed by atoms with Gasteiger partial charge in [-0.05, 0) is 40.8 Å². The molecule has 0 fully saturated rings. The lowest BCUT2D eigenvalue weighted by Gasteiger charge is -2.18. The normalized spacial score (nSPS) is 12.8. The average Bonchev–Trinajstić information content (AvgIpc) is 3.69. The second-order valence-corrected chi connectivity index (χ2v) is 10.3. The van der Waals surface area contributed by atoms with E-state index in [1.165, 1.54) is 5.56 Å². The van der Waals surface area contributed by atoms with Gasteiger partial charge in [-0.15, -0.1) is 0 Å². The predicted molar refractivity (Wildman–Crippen MR) is 164 cm³/mol. The van der Waals surface area contributed by atoms with E-state index < -0.39 is 0 Å². The molecule has 0 bridgehead atoms. The van der Waals surface area contributed by atoms with Gasteiger partial charge >= 0.3 is 6.01 Å². The first-order valence-corrected chi connectivity index (χ1v) is 14.1. The molecule has 9 nitrogen and oxygen atoms in total. The van der Waals surface area contributed by atoms with Crippen molar-refractivity contribution in [3.05, 3.63) is 121 Å². The van der Waals surface area contributed by atoms with Gasteiger partial charge in [0.1, 0.15) is 5.75 Å². The number of nitrogens with one attached hydrogen (secondary N) is 1. The largest absolute Gasteiger partial charge is 0.454 e. The average molecular weight is 572 g/mol. The maximum atomic E-state index is 10.2. The zero-order chi connectivity index (χ0) is 29.0. The predicted octanol–water partition coefficient (Wildman–Crippen LogP) is 6.08. The first kappa shape index (κ1) is 26.5. The quantitative estimate of drug-likeness (QED) is 0.204. The van der Waals surface area contributed by atoms with Crippen molar-refractivity contribution < 1.29 is 19.3 Å². The number of aromatic nitrogens is 4. The molecule has 6 aromatic rings. The zero-order valence-electron chi connectivity index (χ0n) is 23.3. The summed E-state index contributed by atoms with van der Waals surface area (Å²) in [6.45, 7) is 0.636. The van der Waals surface area contributed by atoms with E-state index >= 15 is 0 Å². The van der Waals surface area contributed by atoms with Gasteiger partial charge in [0.2, 0.25) is 6.79 Å². The molecule has 0 aliphatic carbocycles. The van der Waals surface area contributed by atoms with Gasteiger partial charge in [-0.1, -0.05) is 84.9 Å². The number of imidazole rings is 1. The Morgan fingerprint density at radius 2 is 1.56 bits per heavy atom. The highest BCUT2D eigenvalue weighted by Gasteiger charge is 2.20. The fourth-order valence-electron chi connectivity index (χ4n) is 5.12. The van der Waals surface area contributed by atoms with Crippen LogP contribution in [0.15, 0.2) is 109 Å². The summed E-state index contributed by atoms with van der Waals surface area (Å²) in [6, 6.07) is 33.9.